The standard InChI is InChI=1S/C26H22BrN3O5/c1-2-34-24-14-20(12-21(15-28)26(31)29-16-18-6-4-3-5-7-18)13-23(27)25(24)35-17-19-8-10-22(11-9-19)30(32)33/h3-14H,2,16-17H2,1H3,(H,29,31)/b21-12+. The number of carbonyl (C=O) groups excluding carboxylic acids is 1. The topological polar surface area (TPSA) is 114 Å². The molecule has 0 aliphatic carbocycles. The van der Waals surface area contributed by atoms with Gasteiger partial charge in [-0.3, -0.25) is 14.9 Å². The van der Waals surface area contributed by atoms with E-state index in [0.717, 1.165) is 11.1 Å². The highest BCUT2D eigenvalue weighted by molar-refractivity contribution is 9.10. The number of nitrogens with one attached hydrogen (secondary N) is 1. The molecule has 0 aliphatic heterocycles. The molecular weight excluding hydrogens is 514 g/mol. The SMILES string of the molecule is CCOc1cc(/C=C(\C#N)C(=O)NCc2ccccc2)cc(Br)c1OCc1ccc([N+](=O)[O-])cc1. The molecule has 9 heteroatoms. The fraction of sp³-hybridized carbons (Fsp3) is 0.154. The molecule has 0 aromatic heterocycles. The molecule has 0 radical (unpaired) electrons. The normalized spacial score (nSPS) is 10.8. The Kier molecular flexibility index (Phi) is 8.98. The van der Waals surface area contributed by atoms with Crippen LogP contribution in [0.3, 0.4) is 0 Å². The van der Waals surface area contributed by atoms with Crippen molar-refractivity contribution in [3.63, 3.8) is 0 Å². The summed E-state index contributed by atoms with van der Waals surface area (Å²) in [5.41, 5.74) is 2.20. The highest BCUT2D eigenvalue weighted by atomic mass is 79.9. The molecule has 0 spiro atoms. The molecule has 1 amide bonds. The summed E-state index contributed by atoms with van der Waals surface area (Å²) in [5.74, 6) is 0.385. The summed E-state index contributed by atoms with van der Waals surface area (Å²) >= 11 is 3.48. The summed E-state index contributed by atoms with van der Waals surface area (Å²) in [5, 5.41) is 23.1. The van der Waals surface area contributed by atoms with Crippen LogP contribution >= 0.6 is 15.9 Å². The van der Waals surface area contributed by atoms with E-state index in [1.807, 2.05) is 43.3 Å². The van der Waals surface area contributed by atoms with E-state index < -0.39 is 10.8 Å². The largest absolute Gasteiger partial charge is 0.490 e. The third-order valence-electron chi connectivity index (χ3n) is 4.83. The molecule has 0 fully saturated rings. The molecule has 0 atom stereocenters. The Bertz CT molecular complexity index is 1270. The van der Waals surface area contributed by atoms with Crippen molar-refractivity contribution >= 4 is 33.6 Å². The molecule has 1 N–H and O–H groups in total. The highest BCUT2D eigenvalue weighted by Crippen LogP contribution is 2.38. The van der Waals surface area contributed by atoms with E-state index in [0.29, 0.717) is 34.7 Å². The number of nitro groups is 1. The van der Waals surface area contributed by atoms with Crippen molar-refractivity contribution in [1.29, 1.82) is 5.26 Å². The highest BCUT2D eigenvalue weighted by Gasteiger charge is 2.15. The van der Waals surface area contributed by atoms with Gasteiger partial charge in [0, 0.05) is 18.7 Å². The first kappa shape index (κ1) is 25.5. The summed E-state index contributed by atoms with van der Waals surface area (Å²) in [6, 6.07) is 20.8. The average molecular weight is 536 g/mol. The first-order valence-electron chi connectivity index (χ1n) is 10.7. The van der Waals surface area contributed by atoms with Crippen LogP contribution in [0.5, 0.6) is 11.5 Å². The number of halogens is 1. The zero-order valence-corrected chi connectivity index (χ0v) is 20.4. The molecule has 0 aliphatic rings. The van der Waals surface area contributed by atoms with E-state index in [-0.39, 0.29) is 17.9 Å². The summed E-state index contributed by atoms with van der Waals surface area (Å²) in [4.78, 5) is 22.9. The van der Waals surface area contributed by atoms with E-state index in [1.54, 1.807) is 24.3 Å². The molecular formula is C26H22BrN3O5. The minimum atomic E-state index is -0.482. The van der Waals surface area contributed by atoms with Crippen molar-refractivity contribution in [2.24, 2.45) is 0 Å². The van der Waals surface area contributed by atoms with Gasteiger partial charge in [-0.05, 0) is 69.9 Å². The van der Waals surface area contributed by atoms with Crippen molar-refractivity contribution in [2.45, 2.75) is 20.1 Å². The fourth-order valence-electron chi connectivity index (χ4n) is 3.13. The van der Waals surface area contributed by atoms with Gasteiger partial charge in [0.25, 0.3) is 11.6 Å². The Morgan fingerprint density at radius 2 is 1.83 bits per heavy atom. The monoisotopic (exact) mass is 535 g/mol. The Labute approximate surface area is 211 Å². The third kappa shape index (κ3) is 7.16. The summed E-state index contributed by atoms with van der Waals surface area (Å²) in [7, 11) is 0. The van der Waals surface area contributed by atoms with Crippen LogP contribution in [0.15, 0.2) is 76.8 Å². The third-order valence-corrected chi connectivity index (χ3v) is 5.42. The molecule has 3 aromatic rings. The first-order valence-corrected chi connectivity index (χ1v) is 11.5. The lowest BCUT2D eigenvalue weighted by molar-refractivity contribution is -0.384. The average Bonchev–Trinajstić information content (AvgIpc) is 2.86. The number of rotatable bonds is 10. The number of hydrogen-bond acceptors (Lipinski definition) is 6. The fourth-order valence-corrected chi connectivity index (χ4v) is 3.71. The van der Waals surface area contributed by atoms with Crippen LogP contribution in [0.2, 0.25) is 0 Å². The molecule has 3 rings (SSSR count). The van der Waals surface area contributed by atoms with E-state index in [1.165, 1.54) is 18.2 Å². The second kappa shape index (κ2) is 12.3. The van der Waals surface area contributed by atoms with Crippen LogP contribution < -0.4 is 14.8 Å². The van der Waals surface area contributed by atoms with Gasteiger partial charge in [0.2, 0.25) is 0 Å². The van der Waals surface area contributed by atoms with Gasteiger partial charge in [-0.1, -0.05) is 30.3 Å². The predicted molar refractivity (Wildman–Crippen MR) is 135 cm³/mol. The summed E-state index contributed by atoms with van der Waals surface area (Å²) in [6.07, 6.45) is 1.48. The number of nitro benzene ring substituents is 1. The van der Waals surface area contributed by atoms with Crippen LogP contribution in [-0.4, -0.2) is 17.4 Å². The van der Waals surface area contributed by atoms with Gasteiger partial charge in [-0.2, -0.15) is 5.26 Å². The van der Waals surface area contributed by atoms with Crippen molar-refractivity contribution in [2.75, 3.05) is 6.61 Å². The summed E-state index contributed by atoms with van der Waals surface area (Å²) < 4.78 is 12.2. The van der Waals surface area contributed by atoms with Crippen LogP contribution in [0.4, 0.5) is 5.69 Å². The van der Waals surface area contributed by atoms with Gasteiger partial charge in [-0.15, -0.1) is 0 Å². The molecule has 0 saturated carbocycles. The lowest BCUT2D eigenvalue weighted by Crippen LogP contribution is -2.23. The van der Waals surface area contributed by atoms with Crippen LogP contribution in [0, 0.1) is 21.4 Å². The second-order valence-corrected chi connectivity index (χ2v) is 8.17. The minimum absolute atomic E-state index is 0.00202. The molecule has 8 nitrogen and oxygen atoms in total. The van der Waals surface area contributed by atoms with Crippen LogP contribution in [0.25, 0.3) is 6.08 Å². The molecule has 0 bridgehead atoms. The number of ether oxygens (including phenoxy) is 2. The Hall–Kier alpha value is -4.16. The predicted octanol–water partition coefficient (Wildman–Crippen LogP) is 5.56. The number of amides is 1. The van der Waals surface area contributed by atoms with Gasteiger partial charge in [-0.25, -0.2) is 0 Å². The second-order valence-electron chi connectivity index (χ2n) is 7.31. The zero-order chi connectivity index (χ0) is 25.2. The van der Waals surface area contributed by atoms with Crippen LogP contribution in [-0.2, 0) is 17.9 Å². The number of hydrogen-bond donors (Lipinski definition) is 1. The van der Waals surface area contributed by atoms with E-state index in [4.69, 9.17) is 9.47 Å². The van der Waals surface area contributed by atoms with E-state index in [9.17, 15) is 20.2 Å². The quantitative estimate of drug-likeness (QED) is 0.157. The molecule has 3 aromatic carbocycles. The molecule has 0 heterocycles. The Morgan fingerprint density at radius 3 is 2.46 bits per heavy atom. The van der Waals surface area contributed by atoms with Crippen molar-refractivity contribution < 1.29 is 19.2 Å². The maximum atomic E-state index is 12.5. The number of nitrogens with zero attached hydrogens (tertiary/aromatic N) is 2. The number of non-ortho nitro benzene ring substituents is 1. The number of nitriles is 1. The van der Waals surface area contributed by atoms with Gasteiger partial charge in [0.15, 0.2) is 11.5 Å². The number of carbonyl (C=O) groups is 1. The first-order chi connectivity index (χ1) is 16.9. The smallest absolute Gasteiger partial charge is 0.269 e. The van der Waals surface area contributed by atoms with E-state index >= 15 is 0 Å². The van der Waals surface area contributed by atoms with Crippen molar-refractivity contribution in [3.8, 4) is 17.6 Å². The van der Waals surface area contributed by atoms with Gasteiger partial charge < -0.3 is 14.8 Å². The minimum Gasteiger partial charge on any atom is -0.490 e. The number of benzene rings is 3. The lowest BCUT2D eigenvalue weighted by Gasteiger charge is -2.15. The van der Waals surface area contributed by atoms with Crippen LogP contribution in [0.1, 0.15) is 23.6 Å². The zero-order valence-electron chi connectivity index (χ0n) is 18.9. The maximum absolute atomic E-state index is 12.5. The lowest BCUT2D eigenvalue weighted by atomic mass is 10.1. The van der Waals surface area contributed by atoms with E-state index in [2.05, 4.69) is 21.2 Å². The molecule has 35 heavy (non-hydrogen) atoms. The van der Waals surface area contributed by atoms with Gasteiger partial charge in [0.05, 0.1) is 16.0 Å². The Balaban J connectivity index is 1.77. The van der Waals surface area contributed by atoms with Crippen molar-refractivity contribution in [3.05, 3.63) is 104 Å². The molecule has 0 saturated heterocycles. The van der Waals surface area contributed by atoms with Gasteiger partial charge in [0.1, 0.15) is 18.2 Å². The van der Waals surface area contributed by atoms with Gasteiger partial charge >= 0.3 is 0 Å². The molecule has 0 unspecified atom stereocenters. The van der Waals surface area contributed by atoms with Crippen molar-refractivity contribution in [1.82, 2.24) is 5.32 Å². The maximum Gasteiger partial charge on any atom is 0.269 e. The molecule has 178 valence electrons. The summed E-state index contributed by atoms with van der Waals surface area (Å²) in [6.45, 7) is 2.67. The Morgan fingerprint density at radius 1 is 1.11 bits per heavy atom.